The lowest BCUT2D eigenvalue weighted by Crippen LogP contribution is -2.30. The van der Waals surface area contributed by atoms with Crippen LogP contribution in [0.15, 0.2) is 40.9 Å². The van der Waals surface area contributed by atoms with E-state index in [1.165, 1.54) is 18.2 Å². The fourth-order valence-corrected chi connectivity index (χ4v) is 2.39. The van der Waals surface area contributed by atoms with Gasteiger partial charge in [0.2, 0.25) is 0 Å². The minimum absolute atomic E-state index is 0.0341. The Labute approximate surface area is 122 Å². The Hall–Kier alpha value is -1.01. The lowest BCUT2D eigenvalue weighted by molar-refractivity contribution is 0.531. The van der Waals surface area contributed by atoms with Crippen LogP contribution in [0.4, 0.5) is 8.78 Å². The molecule has 0 bridgehead atoms. The van der Waals surface area contributed by atoms with E-state index in [9.17, 15) is 8.78 Å². The summed E-state index contributed by atoms with van der Waals surface area (Å²) in [7, 11) is 0. The topological polar surface area (TPSA) is 38.0 Å². The average Bonchev–Trinajstić information content (AvgIpc) is 2.39. The number of nitrogens with two attached hydrogens (primary N) is 1. The summed E-state index contributed by atoms with van der Waals surface area (Å²) in [5, 5.41) is -0.0341. The van der Waals surface area contributed by atoms with E-state index < -0.39 is 17.7 Å². The zero-order valence-corrected chi connectivity index (χ0v) is 12.0. The molecule has 1 atom stereocenters. The van der Waals surface area contributed by atoms with Crippen LogP contribution < -0.4 is 11.3 Å². The predicted octanol–water partition coefficient (Wildman–Crippen LogP) is 3.93. The van der Waals surface area contributed by atoms with E-state index >= 15 is 0 Å². The van der Waals surface area contributed by atoms with Gasteiger partial charge in [0.25, 0.3) is 0 Å². The van der Waals surface area contributed by atoms with Crippen LogP contribution in [-0.2, 0) is 0 Å². The SMILES string of the molecule is NNC(c1cc(Br)ccc1F)c1cccc(Cl)c1F. The highest BCUT2D eigenvalue weighted by molar-refractivity contribution is 9.10. The third-order valence-corrected chi connectivity index (χ3v) is 3.51. The van der Waals surface area contributed by atoms with E-state index in [4.69, 9.17) is 17.4 Å². The molecule has 3 N–H and O–H groups in total. The Morgan fingerprint density at radius 3 is 2.58 bits per heavy atom. The van der Waals surface area contributed by atoms with Crippen molar-refractivity contribution in [2.24, 2.45) is 5.84 Å². The van der Waals surface area contributed by atoms with Crippen LogP contribution >= 0.6 is 27.5 Å². The van der Waals surface area contributed by atoms with Crippen LogP contribution in [0.2, 0.25) is 5.02 Å². The van der Waals surface area contributed by atoms with Crippen molar-refractivity contribution in [3.8, 4) is 0 Å². The maximum absolute atomic E-state index is 14.0. The monoisotopic (exact) mass is 346 g/mol. The van der Waals surface area contributed by atoms with Crippen molar-refractivity contribution < 1.29 is 8.78 Å². The van der Waals surface area contributed by atoms with Gasteiger partial charge in [0.05, 0.1) is 11.1 Å². The van der Waals surface area contributed by atoms with E-state index in [0.29, 0.717) is 4.47 Å². The van der Waals surface area contributed by atoms with Gasteiger partial charge in [-0.25, -0.2) is 14.2 Å². The number of hydrogen-bond donors (Lipinski definition) is 2. The first kappa shape index (κ1) is 14.4. The van der Waals surface area contributed by atoms with Crippen molar-refractivity contribution >= 4 is 27.5 Å². The zero-order chi connectivity index (χ0) is 14.0. The molecule has 1 unspecified atom stereocenters. The van der Waals surface area contributed by atoms with Gasteiger partial charge in [-0.1, -0.05) is 39.7 Å². The second-order valence-electron chi connectivity index (χ2n) is 3.91. The van der Waals surface area contributed by atoms with Gasteiger partial charge in [-0.2, -0.15) is 0 Å². The van der Waals surface area contributed by atoms with Gasteiger partial charge in [-0.3, -0.25) is 5.84 Å². The fourth-order valence-electron chi connectivity index (χ4n) is 1.83. The third kappa shape index (κ3) is 2.95. The molecule has 0 spiro atoms. The van der Waals surface area contributed by atoms with Crippen LogP contribution in [-0.4, -0.2) is 0 Å². The number of hydrogen-bond acceptors (Lipinski definition) is 2. The van der Waals surface area contributed by atoms with Crippen LogP contribution in [0.25, 0.3) is 0 Å². The van der Waals surface area contributed by atoms with Gasteiger partial charge in [0, 0.05) is 15.6 Å². The molecule has 2 nitrogen and oxygen atoms in total. The molecule has 0 amide bonds. The Balaban J connectivity index is 2.56. The van der Waals surface area contributed by atoms with Gasteiger partial charge < -0.3 is 0 Å². The molecule has 0 aromatic heterocycles. The van der Waals surface area contributed by atoms with E-state index in [2.05, 4.69) is 21.4 Å². The molecule has 0 saturated heterocycles. The summed E-state index contributed by atoms with van der Waals surface area (Å²) in [6, 6.07) is 8.07. The van der Waals surface area contributed by atoms with Crippen molar-refractivity contribution in [2.45, 2.75) is 6.04 Å². The molecule has 2 aromatic rings. The van der Waals surface area contributed by atoms with Crippen molar-refractivity contribution in [2.75, 3.05) is 0 Å². The van der Waals surface area contributed by atoms with E-state index in [1.54, 1.807) is 18.2 Å². The summed E-state index contributed by atoms with van der Waals surface area (Å²) in [4.78, 5) is 0. The molecule has 0 aliphatic carbocycles. The molecule has 0 radical (unpaired) electrons. The predicted molar refractivity (Wildman–Crippen MR) is 74.7 cm³/mol. The van der Waals surface area contributed by atoms with Crippen LogP contribution in [0.5, 0.6) is 0 Å². The molecule has 2 aromatic carbocycles. The molecule has 0 saturated carbocycles. The van der Waals surface area contributed by atoms with Gasteiger partial charge in [-0.15, -0.1) is 0 Å². The molecule has 0 aliphatic rings. The van der Waals surface area contributed by atoms with E-state index in [0.717, 1.165) is 0 Å². The number of rotatable bonds is 3. The summed E-state index contributed by atoms with van der Waals surface area (Å²) in [5.74, 6) is 4.33. The summed E-state index contributed by atoms with van der Waals surface area (Å²) in [6.07, 6.45) is 0. The number of halogens is 4. The first-order valence-corrected chi connectivity index (χ1v) is 6.56. The minimum atomic E-state index is -0.823. The Morgan fingerprint density at radius 1 is 1.16 bits per heavy atom. The van der Waals surface area contributed by atoms with E-state index in [-0.39, 0.29) is 16.1 Å². The lowest BCUT2D eigenvalue weighted by atomic mass is 9.98. The molecular formula is C13H10BrClF2N2. The first-order valence-electron chi connectivity index (χ1n) is 5.39. The van der Waals surface area contributed by atoms with Gasteiger partial charge in [0.15, 0.2) is 0 Å². The highest BCUT2D eigenvalue weighted by atomic mass is 79.9. The van der Waals surface area contributed by atoms with Crippen molar-refractivity contribution in [3.63, 3.8) is 0 Å². The molecule has 0 fully saturated rings. The summed E-state index contributed by atoms with van der Waals surface area (Å²) in [6.45, 7) is 0. The number of nitrogens with one attached hydrogen (secondary N) is 1. The van der Waals surface area contributed by atoms with Crippen molar-refractivity contribution in [3.05, 3.63) is 68.7 Å². The Bertz CT molecular complexity index is 605. The second kappa shape index (κ2) is 5.96. The molecular weight excluding hydrogens is 338 g/mol. The minimum Gasteiger partial charge on any atom is -0.271 e. The first-order chi connectivity index (χ1) is 9.04. The van der Waals surface area contributed by atoms with Crippen LogP contribution in [0.1, 0.15) is 17.2 Å². The standard InChI is InChI=1S/C13H10BrClF2N2/c14-7-4-5-11(16)9(6-7)13(19-18)8-2-1-3-10(15)12(8)17/h1-6,13,19H,18H2. The highest BCUT2D eigenvalue weighted by Crippen LogP contribution is 2.30. The molecule has 2 rings (SSSR count). The van der Waals surface area contributed by atoms with Gasteiger partial charge in [0.1, 0.15) is 11.6 Å². The number of benzene rings is 2. The lowest BCUT2D eigenvalue weighted by Gasteiger charge is -2.19. The maximum atomic E-state index is 14.0. The average molecular weight is 348 g/mol. The zero-order valence-electron chi connectivity index (χ0n) is 9.63. The van der Waals surface area contributed by atoms with Crippen molar-refractivity contribution in [1.82, 2.24) is 5.43 Å². The smallest absolute Gasteiger partial charge is 0.146 e. The summed E-state index contributed by atoms with van der Waals surface area (Å²) in [5.41, 5.74) is 2.83. The summed E-state index contributed by atoms with van der Waals surface area (Å²) >= 11 is 8.97. The van der Waals surface area contributed by atoms with Gasteiger partial charge >= 0.3 is 0 Å². The second-order valence-corrected chi connectivity index (χ2v) is 5.23. The molecule has 19 heavy (non-hydrogen) atoms. The fraction of sp³-hybridized carbons (Fsp3) is 0.0769. The molecule has 0 aliphatic heterocycles. The molecule has 6 heteroatoms. The van der Waals surface area contributed by atoms with Crippen molar-refractivity contribution in [1.29, 1.82) is 0 Å². The molecule has 100 valence electrons. The summed E-state index contributed by atoms with van der Waals surface area (Å²) < 4.78 is 28.5. The van der Waals surface area contributed by atoms with Gasteiger partial charge in [-0.05, 0) is 24.3 Å². The Morgan fingerprint density at radius 2 is 1.89 bits per heavy atom. The number of hydrazine groups is 1. The van der Waals surface area contributed by atoms with Crippen LogP contribution in [0, 0.1) is 11.6 Å². The van der Waals surface area contributed by atoms with E-state index in [1.807, 2.05) is 0 Å². The Kier molecular flexibility index (Phi) is 4.52. The largest absolute Gasteiger partial charge is 0.271 e. The highest BCUT2D eigenvalue weighted by Gasteiger charge is 2.21. The van der Waals surface area contributed by atoms with Crippen LogP contribution in [0.3, 0.4) is 0 Å². The maximum Gasteiger partial charge on any atom is 0.146 e. The molecule has 0 heterocycles. The quantitative estimate of drug-likeness (QED) is 0.652. The third-order valence-electron chi connectivity index (χ3n) is 2.73. The normalized spacial score (nSPS) is 12.5.